The van der Waals surface area contributed by atoms with E-state index in [9.17, 15) is 22.0 Å². The average molecular weight is 497 g/mol. The normalized spacial score (nSPS) is 15.4. The summed E-state index contributed by atoms with van der Waals surface area (Å²) in [6, 6.07) is 8.19. The number of hydrogen-bond donors (Lipinski definition) is 1. The van der Waals surface area contributed by atoms with Crippen molar-refractivity contribution in [3.8, 4) is 11.5 Å². The number of nitrogens with one attached hydrogen (secondary N) is 1. The van der Waals surface area contributed by atoms with Crippen molar-refractivity contribution < 1.29 is 31.5 Å². The van der Waals surface area contributed by atoms with Crippen molar-refractivity contribution >= 4 is 15.9 Å². The van der Waals surface area contributed by atoms with Crippen LogP contribution in [-0.4, -0.2) is 45.4 Å². The molecule has 2 aromatic rings. The molecule has 3 rings (SSSR count). The Hall–Kier alpha value is -2.72. The van der Waals surface area contributed by atoms with Gasteiger partial charge in [-0.1, -0.05) is 23.8 Å². The molecule has 1 fully saturated rings. The molecule has 1 N–H and O–H groups in total. The van der Waals surface area contributed by atoms with E-state index >= 15 is 0 Å². The predicted molar refractivity (Wildman–Crippen MR) is 124 cm³/mol. The van der Waals surface area contributed by atoms with Crippen molar-refractivity contribution in [2.45, 2.75) is 51.7 Å². The highest BCUT2D eigenvalue weighted by Crippen LogP contribution is 2.30. The second-order valence-corrected chi connectivity index (χ2v) is 10.4. The summed E-state index contributed by atoms with van der Waals surface area (Å²) in [5, 5.41) is 2.84. The Morgan fingerprint density at radius 3 is 2.26 bits per heavy atom. The Balaban J connectivity index is 1.59. The molecule has 0 spiro atoms. The average Bonchev–Trinajstić information content (AvgIpc) is 2.77. The van der Waals surface area contributed by atoms with Crippen LogP contribution >= 0.6 is 0 Å². The summed E-state index contributed by atoms with van der Waals surface area (Å²) in [7, 11) is -2.30. The molecule has 0 saturated carbocycles. The number of piperidine rings is 1. The Morgan fingerprint density at radius 2 is 1.71 bits per heavy atom. The van der Waals surface area contributed by atoms with Crippen LogP contribution in [0.5, 0.6) is 11.5 Å². The van der Waals surface area contributed by atoms with Gasteiger partial charge in [0.1, 0.15) is 0 Å². The van der Waals surface area contributed by atoms with Gasteiger partial charge in [-0.15, -0.1) is 0 Å². The number of amides is 1. The summed E-state index contributed by atoms with van der Waals surface area (Å²) in [6.45, 7) is 3.28. The molecule has 1 aliphatic heterocycles. The third-order valence-electron chi connectivity index (χ3n) is 5.94. The number of hydrogen-bond acceptors (Lipinski definition) is 5. The van der Waals surface area contributed by atoms with Gasteiger partial charge >= 0.3 is 6.61 Å². The van der Waals surface area contributed by atoms with Crippen molar-refractivity contribution in [3.63, 3.8) is 0 Å². The molecule has 0 bridgehead atoms. The number of sulfonamides is 1. The third-order valence-corrected chi connectivity index (χ3v) is 8.14. The molecule has 186 valence electrons. The fourth-order valence-corrected chi connectivity index (χ4v) is 6.29. The summed E-state index contributed by atoms with van der Waals surface area (Å²) in [4.78, 5) is 13.0. The fourth-order valence-electron chi connectivity index (χ4n) is 4.41. The summed E-state index contributed by atoms with van der Waals surface area (Å²) in [5.41, 5.74) is 3.12. The summed E-state index contributed by atoms with van der Waals surface area (Å²) < 4.78 is 62.4. The molecular formula is C24H30F2N2O5S. The Morgan fingerprint density at radius 1 is 1.09 bits per heavy atom. The van der Waals surface area contributed by atoms with E-state index in [1.54, 1.807) is 19.9 Å². The van der Waals surface area contributed by atoms with Gasteiger partial charge in [0, 0.05) is 25.6 Å². The number of carbonyl (C=O) groups is 1. The van der Waals surface area contributed by atoms with Crippen molar-refractivity contribution in [2.75, 3.05) is 20.2 Å². The maximum atomic E-state index is 13.2. The van der Waals surface area contributed by atoms with E-state index < -0.39 is 16.6 Å². The molecule has 1 amide bonds. The molecule has 34 heavy (non-hydrogen) atoms. The van der Waals surface area contributed by atoms with Crippen LogP contribution in [0.25, 0.3) is 0 Å². The van der Waals surface area contributed by atoms with E-state index in [1.807, 2.05) is 19.1 Å². The van der Waals surface area contributed by atoms with Gasteiger partial charge in [0.25, 0.3) is 0 Å². The van der Waals surface area contributed by atoms with Crippen molar-refractivity contribution in [2.24, 2.45) is 5.92 Å². The highest BCUT2D eigenvalue weighted by molar-refractivity contribution is 7.89. The summed E-state index contributed by atoms with van der Waals surface area (Å²) in [5.74, 6) is -0.422. The van der Waals surface area contributed by atoms with Gasteiger partial charge in [-0.2, -0.15) is 13.1 Å². The fraction of sp³-hybridized carbons (Fsp3) is 0.458. The SMILES string of the molecule is COc1cc(CNC(=O)C2CCN(S(=O)(=O)c3c(C)cc(C)cc3C)CC2)ccc1OC(F)F. The van der Waals surface area contributed by atoms with E-state index in [2.05, 4.69) is 10.1 Å². The summed E-state index contributed by atoms with van der Waals surface area (Å²) >= 11 is 0. The number of benzene rings is 2. The molecule has 0 atom stereocenters. The van der Waals surface area contributed by atoms with Gasteiger partial charge < -0.3 is 14.8 Å². The minimum atomic E-state index is -3.64. The molecule has 1 aliphatic rings. The lowest BCUT2D eigenvalue weighted by molar-refractivity contribution is -0.126. The molecule has 2 aromatic carbocycles. The van der Waals surface area contributed by atoms with Crippen LogP contribution in [0.2, 0.25) is 0 Å². The Bertz CT molecular complexity index is 1120. The first kappa shape index (κ1) is 25.9. The molecule has 0 radical (unpaired) electrons. The smallest absolute Gasteiger partial charge is 0.387 e. The molecule has 1 saturated heterocycles. The second-order valence-electron chi connectivity index (χ2n) is 8.49. The number of aryl methyl sites for hydroxylation is 3. The first-order chi connectivity index (χ1) is 16.0. The van der Waals surface area contributed by atoms with E-state index in [-0.39, 0.29) is 43.0 Å². The van der Waals surface area contributed by atoms with Gasteiger partial charge in [0.15, 0.2) is 11.5 Å². The molecule has 0 aromatic heterocycles. The zero-order valence-corrected chi connectivity index (χ0v) is 20.5. The second kappa shape index (κ2) is 10.7. The zero-order chi connectivity index (χ0) is 25.0. The first-order valence-electron chi connectivity index (χ1n) is 11.0. The van der Waals surface area contributed by atoms with Crippen molar-refractivity contribution in [1.29, 1.82) is 0 Å². The number of methoxy groups -OCH3 is 1. The largest absolute Gasteiger partial charge is 0.493 e. The number of carbonyl (C=O) groups excluding carboxylic acids is 1. The molecule has 0 unspecified atom stereocenters. The summed E-state index contributed by atoms with van der Waals surface area (Å²) in [6.07, 6.45) is 0.832. The lowest BCUT2D eigenvalue weighted by Crippen LogP contribution is -2.43. The van der Waals surface area contributed by atoms with Crippen LogP contribution < -0.4 is 14.8 Å². The van der Waals surface area contributed by atoms with Crippen LogP contribution in [0.1, 0.15) is 35.1 Å². The minimum absolute atomic E-state index is 0.0831. The quantitative estimate of drug-likeness (QED) is 0.599. The molecule has 1 heterocycles. The molecule has 10 heteroatoms. The van der Waals surface area contributed by atoms with Crippen LogP contribution in [0.3, 0.4) is 0 Å². The predicted octanol–water partition coefficient (Wildman–Crippen LogP) is 3.94. The van der Waals surface area contributed by atoms with Crippen molar-refractivity contribution in [1.82, 2.24) is 9.62 Å². The standard InChI is InChI=1S/C24H30F2N2O5S/c1-15-11-16(2)22(17(3)12-15)34(30,31)28-9-7-19(8-10-28)23(29)27-14-18-5-6-20(33-24(25)26)21(13-18)32-4/h5-6,11-13,19,24H,7-10,14H2,1-4H3,(H,27,29). The van der Waals surface area contributed by atoms with Crippen LogP contribution in [-0.2, 0) is 21.4 Å². The Labute approximate surface area is 199 Å². The number of halogens is 2. The number of rotatable bonds is 8. The van der Waals surface area contributed by atoms with Gasteiger partial charge in [0.2, 0.25) is 15.9 Å². The lowest BCUT2D eigenvalue weighted by atomic mass is 9.97. The molecular weight excluding hydrogens is 466 g/mol. The van der Waals surface area contributed by atoms with Gasteiger partial charge in [-0.25, -0.2) is 8.42 Å². The molecule has 0 aliphatic carbocycles. The maximum absolute atomic E-state index is 13.2. The van der Waals surface area contributed by atoms with Gasteiger partial charge in [-0.05, 0) is 62.4 Å². The molecule has 7 nitrogen and oxygen atoms in total. The minimum Gasteiger partial charge on any atom is -0.493 e. The number of nitrogens with zero attached hydrogens (tertiary/aromatic N) is 1. The highest BCUT2D eigenvalue weighted by Gasteiger charge is 2.33. The van der Waals surface area contributed by atoms with Gasteiger partial charge in [0.05, 0.1) is 12.0 Å². The monoisotopic (exact) mass is 496 g/mol. The maximum Gasteiger partial charge on any atom is 0.387 e. The Kier molecular flexibility index (Phi) is 8.14. The van der Waals surface area contributed by atoms with Crippen LogP contribution in [0.4, 0.5) is 8.78 Å². The third kappa shape index (κ3) is 5.85. The topological polar surface area (TPSA) is 84.9 Å². The van der Waals surface area contributed by atoms with Gasteiger partial charge in [-0.3, -0.25) is 4.79 Å². The zero-order valence-electron chi connectivity index (χ0n) is 19.7. The number of ether oxygens (including phenoxy) is 2. The number of alkyl halides is 2. The van der Waals surface area contributed by atoms with Crippen LogP contribution in [0, 0.1) is 26.7 Å². The lowest BCUT2D eigenvalue weighted by Gasteiger charge is -2.31. The first-order valence-corrected chi connectivity index (χ1v) is 12.4. The van der Waals surface area contributed by atoms with Crippen molar-refractivity contribution in [3.05, 3.63) is 52.6 Å². The van der Waals surface area contributed by atoms with E-state index in [0.717, 1.165) is 16.7 Å². The van der Waals surface area contributed by atoms with E-state index in [4.69, 9.17) is 4.74 Å². The van der Waals surface area contributed by atoms with E-state index in [1.165, 1.54) is 23.5 Å². The van der Waals surface area contributed by atoms with Crippen LogP contribution in [0.15, 0.2) is 35.2 Å². The van der Waals surface area contributed by atoms with E-state index in [0.29, 0.717) is 23.3 Å². The highest BCUT2D eigenvalue weighted by atomic mass is 32.2.